The third kappa shape index (κ3) is 5.58. The van der Waals surface area contributed by atoms with E-state index < -0.39 is 5.97 Å². The number of aromatic nitrogens is 1. The number of carboxylic acid groups (broad SMARTS) is 1. The molecule has 0 aliphatic heterocycles. The minimum atomic E-state index is -0.857. The molecule has 0 radical (unpaired) electrons. The molecule has 0 saturated carbocycles. The van der Waals surface area contributed by atoms with Gasteiger partial charge in [-0.25, -0.2) is 0 Å². The van der Waals surface area contributed by atoms with Gasteiger partial charge in [-0.1, -0.05) is 35.5 Å². The van der Waals surface area contributed by atoms with Crippen LogP contribution in [0.15, 0.2) is 40.9 Å². The first kappa shape index (κ1) is 16.7. The zero-order chi connectivity index (χ0) is 16.7. The molecule has 2 rings (SSSR count). The van der Waals surface area contributed by atoms with Gasteiger partial charge in [0.1, 0.15) is 5.76 Å². The second kappa shape index (κ2) is 8.12. The van der Waals surface area contributed by atoms with Crippen LogP contribution in [0.2, 0.25) is 0 Å². The van der Waals surface area contributed by atoms with Crippen LogP contribution in [0.5, 0.6) is 0 Å². The summed E-state index contributed by atoms with van der Waals surface area (Å²) in [5.74, 6) is -0.287. The lowest BCUT2D eigenvalue weighted by atomic mass is 10.1. The van der Waals surface area contributed by atoms with E-state index in [0.29, 0.717) is 31.0 Å². The SMILES string of the molecule is Cc1cc(CC(=O)N(CCCC(=O)O)Cc2ccccc2)no1. The number of aryl methyl sites for hydroxylation is 1. The van der Waals surface area contributed by atoms with Crippen LogP contribution < -0.4 is 0 Å². The maximum atomic E-state index is 12.5. The van der Waals surface area contributed by atoms with Crippen LogP contribution in [0.3, 0.4) is 0 Å². The van der Waals surface area contributed by atoms with E-state index in [1.165, 1.54) is 0 Å². The summed E-state index contributed by atoms with van der Waals surface area (Å²) in [5.41, 5.74) is 1.59. The van der Waals surface area contributed by atoms with E-state index in [1.54, 1.807) is 17.9 Å². The van der Waals surface area contributed by atoms with Crippen molar-refractivity contribution in [2.75, 3.05) is 6.54 Å². The molecule has 0 fully saturated rings. The van der Waals surface area contributed by atoms with Crippen LogP contribution >= 0.6 is 0 Å². The fourth-order valence-corrected chi connectivity index (χ4v) is 2.28. The van der Waals surface area contributed by atoms with Crippen LogP contribution in [0.4, 0.5) is 0 Å². The van der Waals surface area contributed by atoms with E-state index in [4.69, 9.17) is 9.63 Å². The Morgan fingerprint density at radius 3 is 2.61 bits per heavy atom. The van der Waals surface area contributed by atoms with Crippen LogP contribution in [0.1, 0.15) is 29.9 Å². The van der Waals surface area contributed by atoms with Crippen LogP contribution in [-0.4, -0.2) is 33.6 Å². The summed E-state index contributed by atoms with van der Waals surface area (Å²) in [6, 6.07) is 11.4. The normalized spacial score (nSPS) is 10.5. The van der Waals surface area contributed by atoms with Crippen LogP contribution in [0, 0.1) is 6.92 Å². The predicted octanol–water partition coefficient (Wildman–Crippen LogP) is 2.42. The van der Waals surface area contributed by atoms with Crippen molar-refractivity contribution in [3.8, 4) is 0 Å². The van der Waals surface area contributed by atoms with Crippen molar-refractivity contribution in [2.24, 2.45) is 0 Å². The molecule has 1 amide bonds. The van der Waals surface area contributed by atoms with Gasteiger partial charge < -0.3 is 14.5 Å². The van der Waals surface area contributed by atoms with Crippen LogP contribution in [0.25, 0.3) is 0 Å². The smallest absolute Gasteiger partial charge is 0.303 e. The zero-order valence-corrected chi connectivity index (χ0v) is 13.1. The number of carboxylic acids is 1. The summed E-state index contributed by atoms with van der Waals surface area (Å²) in [6.07, 6.45) is 0.616. The van der Waals surface area contributed by atoms with Crippen molar-refractivity contribution < 1.29 is 19.2 Å². The molecule has 1 heterocycles. The lowest BCUT2D eigenvalue weighted by Crippen LogP contribution is -2.33. The molecular formula is C17H20N2O4. The highest BCUT2D eigenvalue weighted by molar-refractivity contribution is 5.78. The topological polar surface area (TPSA) is 83.6 Å². The molecule has 23 heavy (non-hydrogen) atoms. The molecule has 1 N–H and O–H groups in total. The number of aliphatic carboxylic acids is 1. The third-order valence-electron chi connectivity index (χ3n) is 3.40. The molecule has 1 aromatic carbocycles. The molecule has 0 unspecified atom stereocenters. The molecule has 6 heteroatoms. The highest BCUT2D eigenvalue weighted by atomic mass is 16.5. The molecule has 6 nitrogen and oxygen atoms in total. The molecule has 0 atom stereocenters. The number of amides is 1. The number of carbonyl (C=O) groups excluding carboxylic acids is 1. The third-order valence-corrected chi connectivity index (χ3v) is 3.40. The maximum Gasteiger partial charge on any atom is 0.303 e. The number of hydrogen-bond acceptors (Lipinski definition) is 4. The minimum absolute atomic E-state index is 0.0433. The Labute approximate surface area is 134 Å². The van der Waals surface area contributed by atoms with E-state index in [1.807, 2.05) is 30.3 Å². The average Bonchev–Trinajstić information content (AvgIpc) is 2.92. The van der Waals surface area contributed by atoms with Crippen molar-refractivity contribution in [3.05, 3.63) is 53.4 Å². The summed E-state index contributed by atoms with van der Waals surface area (Å²) in [6.45, 7) is 2.63. The summed E-state index contributed by atoms with van der Waals surface area (Å²) in [7, 11) is 0. The number of carbonyl (C=O) groups is 2. The van der Waals surface area contributed by atoms with Gasteiger partial charge in [0.25, 0.3) is 0 Å². The predicted molar refractivity (Wildman–Crippen MR) is 83.7 cm³/mol. The Morgan fingerprint density at radius 1 is 1.26 bits per heavy atom. The Bertz CT molecular complexity index is 652. The summed E-state index contributed by atoms with van der Waals surface area (Å²) >= 11 is 0. The minimum Gasteiger partial charge on any atom is -0.481 e. The van der Waals surface area contributed by atoms with Crippen molar-refractivity contribution in [1.29, 1.82) is 0 Å². The standard InChI is InChI=1S/C17H20N2O4/c1-13-10-15(18-23-13)11-16(20)19(9-5-8-17(21)22)12-14-6-3-2-4-7-14/h2-4,6-7,10H,5,8-9,11-12H2,1H3,(H,21,22). The number of rotatable bonds is 8. The lowest BCUT2D eigenvalue weighted by Gasteiger charge is -2.22. The Morgan fingerprint density at radius 2 is 2.00 bits per heavy atom. The number of hydrogen-bond donors (Lipinski definition) is 1. The molecule has 0 spiro atoms. The van der Waals surface area contributed by atoms with E-state index in [-0.39, 0.29) is 18.7 Å². The van der Waals surface area contributed by atoms with Crippen LogP contribution in [-0.2, 0) is 22.6 Å². The number of nitrogens with zero attached hydrogens (tertiary/aromatic N) is 2. The van der Waals surface area contributed by atoms with Gasteiger partial charge in [0.2, 0.25) is 5.91 Å². The Balaban J connectivity index is 2.01. The first-order valence-corrected chi connectivity index (χ1v) is 7.50. The molecule has 0 aliphatic rings. The van der Waals surface area contributed by atoms with E-state index in [9.17, 15) is 9.59 Å². The second-order valence-electron chi connectivity index (χ2n) is 5.40. The quantitative estimate of drug-likeness (QED) is 0.808. The van der Waals surface area contributed by atoms with Gasteiger partial charge in [-0.15, -0.1) is 0 Å². The van der Waals surface area contributed by atoms with Gasteiger partial charge in [-0.2, -0.15) is 0 Å². The molecule has 0 bridgehead atoms. The highest BCUT2D eigenvalue weighted by Gasteiger charge is 2.16. The average molecular weight is 316 g/mol. The zero-order valence-electron chi connectivity index (χ0n) is 13.1. The largest absolute Gasteiger partial charge is 0.481 e. The molecule has 0 saturated heterocycles. The Kier molecular flexibility index (Phi) is 5.91. The van der Waals surface area contributed by atoms with E-state index in [0.717, 1.165) is 5.56 Å². The van der Waals surface area contributed by atoms with Gasteiger partial charge >= 0.3 is 5.97 Å². The molecule has 2 aromatic rings. The van der Waals surface area contributed by atoms with Gasteiger partial charge in [-0.3, -0.25) is 9.59 Å². The summed E-state index contributed by atoms with van der Waals surface area (Å²) in [4.78, 5) is 24.8. The van der Waals surface area contributed by atoms with Gasteiger partial charge in [0, 0.05) is 25.6 Å². The van der Waals surface area contributed by atoms with Crippen molar-refractivity contribution in [1.82, 2.24) is 10.1 Å². The molecular weight excluding hydrogens is 296 g/mol. The van der Waals surface area contributed by atoms with Crippen molar-refractivity contribution in [3.63, 3.8) is 0 Å². The lowest BCUT2D eigenvalue weighted by molar-refractivity contribution is -0.138. The Hall–Kier alpha value is -2.63. The van der Waals surface area contributed by atoms with Gasteiger partial charge in [0.05, 0.1) is 12.1 Å². The maximum absolute atomic E-state index is 12.5. The first-order valence-electron chi connectivity index (χ1n) is 7.50. The highest BCUT2D eigenvalue weighted by Crippen LogP contribution is 2.10. The molecule has 0 aliphatic carbocycles. The summed E-state index contributed by atoms with van der Waals surface area (Å²) < 4.78 is 4.98. The van der Waals surface area contributed by atoms with Gasteiger partial charge in [0.15, 0.2) is 0 Å². The second-order valence-corrected chi connectivity index (χ2v) is 5.40. The summed E-state index contributed by atoms with van der Waals surface area (Å²) in [5, 5.41) is 12.6. The van der Waals surface area contributed by atoms with Crippen molar-refractivity contribution >= 4 is 11.9 Å². The number of benzene rings is 1. The van der Waals surface area contributed by atoms with Gasteiger partial charge in [-0.05, 0) is 18.9 Å². The molecule has 122 valence electrons. The first-order chi connectivity index (χ1) is 11.0. The fraction of sp³-hybridized carbons (Fsp3) is 0.353. The fourth-order valence-electron chi connectivity index (χ4n) is 2.28. The van der Waals surface area contributed by atoms with E-state index in [2.05, 4.69) is 5.16 Å². The van der Waals surface area contributed by atoms with Crippen molar-refractivity contribution in [2.45, 2.75) is 32.7 Å². The monoisotopic (exact) mass is 316 g/mol. The van der Waals surface area contributed by atoms with E-state index >= 15 is 0 Å². The molecule has 1 aromatic heterocycles.